The highest BCUT2D eigenvalue weighted by molar-refractivity contribution is 7.80. The first-order valence-electron chi connectivity index (χ1n) is 8.13. The van der Waals surface area contributed by atoms with E-state index in [0.717, 1.165) is 4.90 Å². The smallest absolute Gasteiger partial charge is 0.383 e. The Balaban J connectivity index is 0.000000277. The maximum absolute atomic E-state index is 12.6. The number of nitrogens with zero attached hydrogens (tertiary/aromatic N) is 1. The van der Waals surface area contributed by atoms with Gasteiger partial charge in [-0.05, 0) is 30.3 Å². The van der Waals surface area contributed by atoms with Gasteiger partial charge in [0.1, 0.15) is 6.04 Å². The van der Waals surface area contributed by atoms with E-state index in [1.54, 1.807) is 30.9 Å². The number of halogens is 4. The third kappa shape index (κ3) is 8.38. The van der Waals surface area contributed by atoms with Gasteiger partial charge in [-0.1, -0.05) is 30.7 Å². The van der Waals surface area contributed by atoms with Crippen LogP contribution in [0.25, 0.3) is 0 Å². The number of hydrogen-bond donors (Lipinski definition) is 2. The predicted octanol–water partition coefficient (Wildman–Crippen LogP) is 4.34. The van der Waals surface area contributed by atoms with Gasteiger partial charge in [0.2, 0.25) is 0 Å². The van der Waals surface area contributed by atoms with Crippen LogP contribution >= 0.6 is 24.2 Å². The van der Waals surface area contributed by atoms with Crippen LogP contribution in [-0.2, 0) is 11.3 Å². The van der Waals surface area contributed by atoms with E-state index < -0.39 is 12.2 Å². The Morgan fingerprint density at radius 1 is 1.22 bits per heavy atom. The van der Waals surface area contributed by atoms with Crippen molar-refractivity contribution in [2.45, 2.75) is 30.6 Å². The molecule has 1 aromatic heterocycles. The summed E-state index contributed by atoms with van der Waals surface area (Å²) in [4.78, 5) is 11.9. The van der Waals surface area contributed by atoms with E-state index in [2.05, 4.69) is 17.9 Å². The number of hydrogen-bond acceptors (Lipinski definition) is 4. The minimum absolute atomic E-state index is 0.0233. The highest BCUT2D eigenvalue weighted by Gasteiger charge is 2.39. The highest BCUT2D eigenvalue weighted by atomic mass is 35.5. The lowest BCUT2D eigenvalue weighted by atomic mass is 10.1. The average molecular weight is 423 g/mol. The van der Waals surface area contributed by atoms with Crippen LogP contribution in [0.4, 0.5) is 13.2 Å². The Kier molecular flexibility index (Phi) is 9.93. The van der Waals surface area contributed by atoms with Crippen molar-refractivity contribution < 1.29 is 17.9 Å². The summed E-state index contributed by atoms with van der Waals surface area (Å²) in [6, 6.07) is 7.21. The van der Waals surface area contributed by atoms with Gasteiger partial charge in [-0.3, -0.25) is 4.79 Å². The van der Waals surface area contributed by atoms with Gasteiger partial charge in [-0.25, -0.2) is 0 Å². The SMILES string of the molecule is CCN[C@H](c1ccc(Cl)cc1)C(F)(F)F.COCCn1cc(S)ccc1=O. The van der Waals surface area contributed by atoms with Crippen LogP contribution in [0, 0.1) is 0 Å². The third-order valence-electron chi connectivity index (χ3n) is 3.44. The molecule has 4 nitrogen and oxygen atoms in total. The first-order chi connectivity index (χ1) is 12.7. The zero-order valence-corrected chi connectivity index (χ0v) is 16.6. The summed E-state index contributed by atoms with van der Waals surface area (Å²) in [6.07, 6.45) is -2.59. The number of pyridine rings is 1. The molecule has 0 unspecified atom stereocenters. The number of ether oxygens (including phenoxy) is 1. The fourth-order valence-corrected chi connectivity index (χ4v) is 2.50. The molecule has 0 saturated carbocycles. The van der Waals surface area contributed by atoms with Crippen LogP contribution in [0.2, 0.25) is 5.02 Å². The molecule has 0 fully saturated rings. The Hall–Kier alpha value is -1.48. The average Bonchev–Trinajstić information content (AvgIpc) is 2.61. The molecular formula is C18H22ClF3N2O2S. The van der Waals surface area contributed by atoms with Crippen molar-refractivity contribution in [3.8, 4) is 0 Å². The lowest BCUT2D eigenvalue weighted by molar-refractivity contribution is -0.157. The quantitative estimate of drug-likeness (QED) is 0.681. The Bertz CT molecular complexity index is 752. The second-order valence-corrected chi connectivity index (χ2v) is 6.45. The van der Waals surface area contributed by atoms with Crippen molar-refractivity contribution in [1.82, 2.24) is 9.88 Å². The molecule has 1 heterocycles. The number of benzene rings is 1. The van der Waals surface area contributed by atoms with Crippen molar-refractivity contribution >= 4 is 24.2 Å². The number of rotatable bonds is 6. The van der Waals surface area contributed by atoms with E-state index in [4.69, 9.17) is 16.3 Å². The summed E-state index contributed by atoms with van der Waals surface area (Å²) < 4.78 is 44.2. The molecule has 1 atom stereocenters. The van der Waals surface area contributed by atoms with E-state index >= 15 is 0 Å². The summed E-state index contributed by atoms with van der Waals surface area (Å²) in [6.45, 7) is 3.00. The van der Waals surface area contributed by atoms with Crippen molar-refractivity contribution in [3.05, 3.63) is 63.5 Å². The van der Waals surface area contributed by atoms with E-state index in [1.807, 2.05) is 0 Å². The Morgan fingerprint density at radius 2 is 1.85 bits per heavy atom. The van der Waals surface area contributed by atoms with Crippen LogP contribution in [-0.4, -0.2) is 31.0 Å². The van der Waals surface area contributed by atoms with Gasteiger partial charge in [-0.2, -0.15) is 13.2 Å². The lowest BCUT2D eigenvalue weighted by Crippen LogP contribution is -2.33. The van der Waals surface area contributed by atoms with Crippen LogP contribution in [0.1, 0.15) is 18.5 Å². The molecule has 2 aromatic rings. The third-order valence-corrected chi connectivity index (χ3v) is 3.96. The van der Waals surface area contributed by atoms with Crippen molar-refractivity contribution in [2.24, 2.45) is 0 Å². The minimum Gasteiger partial charge on any atom is -0.383 e. The number of alkyl halides is 3. The maximum Gasteiger partial charge on any atom is 0.407 e. The summed E-state index contributed by atoms with van der Waals surface area (Å²) in [5, 5.41) is 2.82. The van der Waals surface area contributed by atoms with Crippen molar-refractivity contribution in [1.29, 1.82) is 0 Å². The van der Waals surface area contributed by atoms with Gasteiger partial charge in [0.25, 0.3) is 5.56 Å². The molecular weight excluding hydrogens is 401 g/mol. The summed E-state index contributed by atoms with van der Waals surface area (Å²) >= 11 is 9.73. The molecule has 1 N–H and O–H groups in total. The van der Waals surface area contributed by atoms with Crippen molar-refractivity contribution in [3.63, 3.8) is 0 Å². The molecule has 0 aliphatic heterocycles. The van der Waals surface area contributed by atoms with Crippen LogP contribution in [0.15, 0.2) is 52.3 Å². The van der Waals surface area contributed by atoms with E-state index in [0.29, 0.717) is 18.2 Å². The molecule has 0 amide bonds. The molecule has 0 saturated heterocycles. The zero-order valence-electron chi connectivity index (χ0n) is 15.0. The van der Waals surface area contributed by atoms with E-state index in [9.17, 15) is 18.0 Å². The van der Waals surface area contributed by atoms with Crippen LogP contribution in [0.5, 0.6) is 0 Å². The fourth-order valence-electron chi connectivity index (χ4n) is 2.17. The summed E-state index contributed by atoms with van der Waals surface area (Å²) in [7, 11) is 1.61. The summed E-state index contributed by atoms with van der Waals surface area (Å²) in [5.41, 5.74) is 0.151. The fraction of sp³-hybridized carbons (Fsp3) is 0.389. The van der Waals surface area contributed by atoms with Gasteiger partial charge in [0.15, 0.2) is 0 Å². The number of thiol groups is 1. The maximum atomic E-state index is 12.6. The van der Waals surface area contributed by atoms with Gasteiger partial charge in [-0.15, -0.1) is 12.6 Å². The van der Waals surface area contributed by atoms with Gasteiger partial charge in [0, 0.05) is 35.8 Å². The first kappa shape index (κ1) is 23.6. The van der Waals surface area contributed by atoms with Crippen LogP contribution in [0.3, 0.4) is 0 Å². The monoisotopic (exact) mass is 422 g/mol. The summed E-state index contributed by atoms with van der Waals surface area (Å²) in [5.74, 6) is 0. The van der Waals surface area contributed by atoms with E-state index in [-0.39, 0.29) is 17.7 Å². The largest absolute Gasteiger partial charge is 0.407 e. The highest BCUT2D eigenvalue weighted by Crippen LogP contribution is 2.32. The van der Waals surface area contributed by atoms with E-state index in [1.165, 1.54) is 30.3 Å². The Labute approximate surface area is 166 Å². The second-order valence-electron chi connectivity index (χ2n) is 5.50. The Morgan fingerprint density at radius 3 is 2.37 bits per heavy atom. The van der Waals surface area contributed by atoms with Crippen molar-refractivity contribution in [2.75, 3.05) is 20.3 Å². The molecule has 0 radical (unpaired) electrons. The molecule has 9 heteroatoms. The molecule has 0 bridgehead atoms. The molecule has 0 spiro atoms. The molecule has 0 aliphatic rings. The molecule has 1 aromatic carbocycles. The minimum atomic E-state index is -4.29. The number of methoxy groups -OCH3 is 1. The topological polar surface area (TPSA) is 43.3 Å². The van der Waals surface area contributed by atoms with Gasteiger partial charge < -0.3 is 14.6 Å². The molecule has 150 valence electrons. The first-order valence-corrected chi connectivity index (χ1v) is 8.95. The molecule has 2 rings (SSSR count). The number of aromatic nitrogens is 1. The lowest BCUT2D eigenvalue weighted by Gasteiger charge is -2.21. The number of nitrogens with one attached hydrogen (secondary N) is 1. The molecule has 27 heavy (non-hydrogen) atoms. The van der Waals surface area contributed by atoms with Crippen LogP contribution < -0.4 is 10.9 Å². The standard InChI is InChI=1S/C10H11ClF3N.C8H11NO2S/c1-2-15-9(10(12,13)14)7-3-5-8(11)6-4-7;1-11-5-4-9-6-7(12)2-3-8(9)10/h3-6,9,15H,2H2,1H3;2-3,6,12H,4-5H2,1H3/t9-;/m1./s1. The normalized spacial score (nSPS) is 12.3. The molecule has 0 aliphatic carbocycles. The van der Waals surface area contributed by atoms with Gasteiger partial charge >= 0.3 is 6.18 Å². The predicted molar refractivity (Wildman–Crippen MR) is 104 cm³/mol. The second kappa shape index (κ2) is 11.4. The van der Waals surface area contributed by atoms with Gasteiger partial charge in [0.05, 0.1) is 6.61 Å². The zero-order chi connectivity index (χ0) is 20.4.